The molecule has 2 N–H and O–H groups in total. The summed E-state index contributed by atoms with van der Waals surface area (Å²) in [4.78, 5) is 18.6. The van der Waals surface area contributed by atoms with Crippen LogP contribution in [-0.2, 0) is 0 Å². The lowest BCUT2D eigenvalue weighted by Gasteiger charge is -2.30. The van der Waals surface area contributed by atoms with Crippen LogP contribution < -0.4 is 5.73 Å². The summed E-state index contributed by atoms with van der Waals surface area (Å²) in [5.41, 5.74) is 7.48. The van der Waals surface area contributed by atoms with Gasteiger partial charge in [-0.15, -0.1) is 0 Å². The zero-order valence-corrected chi connectivity index (χ0v) is 11.3. The summed E-state index contributed by atoms with van der Waals surface area (Å²) in [5, 5.41) is 0. The van der Waals surface area contributed by atoms with Gasteiger partial charge < -0.3 is 10.6 Å². The number of likely N-dealkylation sites (tertiary alicyclic amines) is 1. The Morgan fingerprint density at radius 2 is 2.10 bits per heavy atom. The van der Waals surface area contributed by atoms with E-state index >= 15 is 0 Å². The average molecular weight is 270 g/mol. The highest BCUT2D eigenvalue weighted by Crippen LogP contribution is 2.16. The van der Waals surface area contributed by atoms with E-state index < -0.39 is 0 Å². The number of hydrogen-bond acceptors (Lipinski definition) is 3. The van der Waals surface area contributed by atoms with Crippen molar-refractivity contribution in [3.63, 3.8) is 0 Å². The number of rotatable bonds is 2. The molecule has 0 bridgehead atoms. The van der Waals surface area contributed by atoms with Crippen molar-refractivity contribution in [3.05, 3.63) is 48.5 Å². The van der Waals surface area contributed by atoms with E-state index in [4.69, 9.17) is 5.73 Å². The smallest absolute Gasteiger partial charge is 0.272 e. The number of carbonyl (C=O) groups is 1. The molecule has 5 heteroatoms. The highest BCUT2D eigenvalue weighted by Gasteiger charge is 2.24. The third kappa shape index (κ3) is 2.44. The number of nitrogens with two attached hydrogens (primary N) is 1. The van der Waals surface area contributed by atoms with Crippen molar-refractivity contribution in [2.45, 2.75) is 18.9 Å². The van der Waals surface area contributed by atoms with Crippen LogP contribution in [0.5, 0.6) is 0 Å². The molecule has 5 nitrogen and oxygen atoms in total. The molecule has 0 spiro atoms. The molecule has 104 valence electrons. The standard InChI is InChI=1S/C15H18N4O/c16-12-5-4-8-18(10-12)15(20)14-9-17-11-19(14)13-6-2-1-3-7-13/h1-3,6-7,9,11-12H,4-5,8,10,16H2/t12-/m0/s1. The predicted molar refractivity (Wildman–Crippen MR) is 76.7 cm³/mol. The van der Waals surface area contributed by atoms with Gasteiger partial charge in [0.25, 0.3) is 5.91 Å². The maximum atomic E-state index is 12.6. The molecular formula is C15H18N4O. The molecular weight excluding hydrogens is 252 g/mol. The van der Waals surface area contributed by atoms with Crippen molar-refractivity contribution >= 4 is 5.91 Å². The molecule has 1 saturated heterocycles. The highest BCUT2D eigenvalue weighted by atomic mass is 16.2. The van der Waals surface area contributed by atoms with Crippen molar-refractivity contribution in [1.82, 2.24) is 14.5 Å². The molecule has 1 aliphatic heterocycles. The number of amides is 1. The number of carbonyl (C=O) groups excluding carboxylic acids is 1. The van der Waals surface area contributed by atoms with Gasteiger partial charge >= 0.3 is 0 Å². The van der Waals surface area contributed by atoms with Gasteiger partial charge in [0.1, 0.15) is 5.69 Å². The Bertz CT molecular complexity index is 593. The molecule has 0 radical (unpaired) electrons. The molecule has 0 aliphatic carbocycles. The van der Waals surface area contributed by atoms with Crippen LogP contribution in [0.25, 0.3) is 5.69 Å². The number of nitrogens with zero attached hydrogens (tertiary/aromatic N) is 3. The number of benzene rings is 1. The van der Waals surface area contributed by atoms with E-state index in [9.17, 15) is 4.79 Å². The van der Waals surface area contributed by atoms with Gasteiger partial charge in [-0.3, -0.25) is 9.36 Å². The fourth-order valence-electron chi connectivity index (χ4n) is 2.60. The molecule has 1 atom stereocenters. The summed E-state index contributed by atoms with van der Waals surface area (Å²) >= 11 is 0. The molecule has 0 saturated carbocycles. The number of aromatic nitrogens is 2. The normalized spacial score (nSPS) is 19.1. The minimum atomic E-state index is 0.00139. The van der Waals surface area contributed by atoms with E-state index in [-0.39, 0.29) is 11.9 Å². The van der Waals surface area contributed by atoms with Crippen molar-refractivity contribution in [1.29, 1.82) is 0 Å². The van der Waals surface area contributed by atoms with Crippen LogP contribution in [0.15, 0.2) is 42.9 Å². The number of piperidine rings is 1. The summed E-state index contributed by atoms with van der Waals surface area (Å²) in [6, 6.07) is 9.84. The van der Waals surface area contributed by atoms with E-state index in [0.29, 0.717) is 12.2 Å². The van der Waals surface area contributed by atoms with Crippen molar-refractivity contribution < 1.29 is 4.79 Å². The molecule has 2 heterocycles. The molecule has 0 unspecified atom stereocenters. The lowest BCUT2D eigenvalue weighted by Crippen LogP contribution is -2.46. The summed E-state index contributed by atoms with van der Waals surface area (Å²) in [5.74, 6) is 0.00139. The van der Waals surface area contributed by atoms with Crippen LogP contribution in [0, 0.1) is 0 Å². The molecule has 1 aliphatic rings. The van der Waals surface area contributed by atoms with Crippen LogP contribution in [0.1, 0.15) is 23.3 Å². The highest BCUT2D eigenvalue weighted by molar-refractivity contribution is 5.93. The second kappa shape index (κ2) is 5.46. The van der Waals surface area contributed by atoms with Gasteiger partial charge in [0.15, 0.2) is 0 Å². The first-order chi connectivity index (χ1) is 9.75. The van der Waals surface area contributed by atoms with Crippen LogP contribution in [0.2, 0.25) is 0 Å². The first kappa shape index (κ1) is 12.9. The number of hydrogen-bond donors (Lipinski definition) is 1. The van der Waals surface area contributed by atoms with Gasteiger partial charge in [0, 0.05) is 24.8 Å². The summed E-state index contributed by atoms with van der Waals surface area (Å²) in [6.45, 7) is 1.39. The summed E-state index contributed by atoms with van der Waals surface area (Å²) in [7, 11) is 0. The maximum Gasteiger partial charge on any atom is 0.272 e. The van der Waals surface area contributed by atoms with E-state index in [1.807, 2.05) is 39.8 Å². The second-order valence-corrected chi connectivity index (χ2v) is 5.14. The minimum absolute atomic E-state index is 0.00139. The van der Waals surface area contributed by atoms with Crippen molar-refractivity contribution in [2.75, 3.05) is 13.1 Å². The molecule has 1 aromatic carbocycles. The Labute approximate surface area is 118 Å². The second-order valence-electron chi connectivity index (χ2n) is 5.14. The summed E-state index contributed by atoms with van der Waals surface area (Å²) < 4.78 is 1.82. The van der Waals surface area contributed by atoms with Gasteiger partial charge in [0.2, 0.25) is 0 Å². The summed E-state index contributed by atoms with van der Waals surface area (Å²) in [6.07, 6.45) is 5.25. The third-order valence-electron chi connectivity index (χ3n) is 3.64. The molecule has 3 rings (SSSR count). The molecule has 20 heavy (non-hydrogen) atoms. The van der Waals surface area contributed by atoms with E-state index in [1.165, 1.54) is 0 Å². The van der Waals surface area contributed by atoms with Crippen LogP contribution in [-0.4, -0.2) is 39.5 Å². The fourth-order valence-corrected chi connectivity index (χ4v) is 2.60. The van der Waals surface area contributed by atoms with Gasteiger partial charge in [-0.05, 0) is 25.0 Å². The first-order valence-electron chi connectivity index (χ1n) is 6.88. The number of imidazole rings is 1. The van der Waals surface area contributed by atoms with Gasteiger partial charge in [-0.1, -0.05) is 18.2 Å². The topological polar surface area (TPSA) is 64.2 Å². The van der Waals surface area contributed by atoms with E-state index in [1.54, 1.807) is 12.5 Å². The van der Waals surface area contributed by atoms with Gasteiger partial charge in [-0.2, -0.15) is 0 Å². The lowest BCUT2D eigenvalue weighted by atomic mass is 10.1. The predicted octanol–water partition coefficient (Wildman–Crippen LogP) is 1.44. The quantitative estimate of drug-likeness (QED) is 0.898. The maximum absolute atomic E-state index is 12.6. The third-order valence-corrected chi connectivity index (χ3v) is 3.64. The van der Waals surface area contributed by atoms with Crippen LogP contribution in [0.3, 0.4) is 0 Å². The Kier molecular flexibility index (Phi) is 3.52. The number of para-hydroxylation sites is 1. The molecule has 2 aromatic rings. The molecule has 1 aromatic heterocycles. The van der Waals surface area contributed by atoms with E-state index in [2.05, 4.69) is 4.98 Å². The molecule has 1 fully saturated rings. The monoisotopic (exact) mass is 270 g/mol. The van der Waals surface area contributed by atoms with E-state index in [0.717, 1.165) is 25.1 Å². The SMILES string of the molecule is N[C@H]1CCCN(C(=O)c2cncn2-c2ccccc2)C1. The largest absolute Gasteiger partial charge is 0.336 e. The Morgan fingerprint density at radius 3 is 2.85 bits per heavy atom. The van der Waals surface area contributed by atoms with Crippen molar-refractivity contribution in [3.8, 4) is 5.69 Å². The first-order valence-corrected chi connectivity index (χ1v) is 6.88. The van der Waals surface area contributed by atoms with Crippen molar-refractivity contribution in [2.24, 2.45) is 5.73 Å². The molecule has 1 amide bonds. The Hall–Kier alpha value is -2.14. The fraction of sp³-hybridized carbons (Fsp3) is 0.333. The Balaban J connectivity index is 1.88. The zero-order valence-electron chi connectivity index (χ0n) is 11.3. The zero-order chi connectivity index (χ0) is 13.9. The van der Waals surface area contributed by atoms with Gasteiger partial charge in [-0.25, -0.2) is 4.98 Å². The Morgan fingerprint density at radius 1 is 1.30 bits per heavy atom. The van der Waals surface area contributed by atoms with Crippen LogP contribution >= 0.6 is 0 Å². The average Bonchev–Trinajstić information content (AvgIpc) is 2.97. The van der Waals surface area contributed by atoms with Crippen LogP contribution in [0.4, 0.5) is 0 Å². The minimum Gasteiger partial charge on any atom is -0.336 e. The lowest BCUT2D eigenvalue weighted by molar-refractivity contribution is 0.0700. The van der Waals surface area contributed by atoms with Gasteiger partial charge in [0.05, 0.1) is 12.5 Å².